The summed E-state index contributed by atoms with van der Waals surface area (Å²) >= 11 is 0. The fourth-order valence-electron chi connectivity index (χ4n) is 3.96. The Balaban J connectivity index is 1.78. The predicted octanol–water partition coefficient (Wildman–Crippen LogP) is 2.28. The van der Waals surface area contributed by atoms with Crippen molar-refractivity contribution < 1.29 is 14.7 Å². The van der Waals surface area contributed by atoms with Crippen molar-refractivity contribution in [2.45, 2.75) is 11.5 Å². The van der Waals surface area contributed by atoms with Crippen LogP contribution >= 0.6 is 0 Å². The molecule has 1 aliphatic heterocycles. The number of rotatable bonds is 2. The van der Waals surface area contributed by atoms with Crippen LogP contribution in [0.25, 0.3) is 21.8 Å². The van der Waals surface area contributed by atoms with Gasteiger partial charge in [0.05, 0.1) is 0 Å². The van der Waals surface area contributed by atoms with Crippen LogP contribution in [0.5, 0.6) is 0 Å². The van der Waals surface area contributed by atoms with Gasteiger partial charge in [0, 0.05) is 39.8 Å². The van der Waals surface area contributed by atoms with Gasteiger partial charge in [-0.1, -0.05) is 36.4 Å². The Morgan fingerprint density at radius 2 is 1.46 bits per heavy atom. The average Bonchev–Trinajstić information content (AvgIpc) is 3.31. The molecule has 1 aliphatic rings. The summed E-state index contributed by atoms with van der Waals surface area (Å²) in [4.78, 5) is 31.5. The lowest BCUT2D eigenvalue weighted by Crippen LogP contribution is -2.38. The smallest absolute Gasteiger partial charge is 0.264 e. The zero-order valence-electron chi connectivity index (χ0n) is 13.6. The molecule has 0 saturated carbocycles. The van der Waals surface area contributed by atoms with E-state index in [-0.39, 0.29) is 0 Å². The number of para-hydroxylation sites is 2. The van der Waals surface area contributed by atoms with Crippen molar-refractivity contribution in [2.24, 2.45) is 0 Å². The highest BCUT2D eigenvalue weighted by atomic mass is 16.3. The Bertz CT molecular complexity index is 1190. The third kappa shape index (κ3) is 1.79. The molecule has 6 heteroatoms. The van der Waals surface area contributed by atoms with Crippen LogP contribution < -0.4 is 5.32 Å². The van der Waals surface area contributed by atoms with Crippen LogP contribution in [-0.4, -0.2) is 26.9 Å². The third-order valence-corrected chi connectivity index (χ3v) is 5.19. The molecule has 5 rings (SSSR count). The summed E-state index contributed by atoms with van der Waals surface area (Å²) in [5, 5.41) is 15.3. The van der Waals surface area contributed by atoms with E-state index in [1.165, 1.54) is 0 Å². The van der Waals surface area contributed by atoms with Crippen LogP contribution in [0.1, 0.15) is 17.0 Å². The van der Waals surface area contributed by atoms with Crippen LogP contribution in [0, 0.1) is 0 Å². The fourth-order valence-corrected chi connectivity index (χ4v) is 3.96. The first-order chi connectivity index (χ1) is 12.6. The Hall–Kier alpha value is -3.38. The van der Waals surface area contributed by atoms with Gasteiger partial charge in [0.2, 0.25) is 5.91 Å². The number of carbonyl (C=O) groups is 2. The maximum absolute atomic E-state index is 12.7. The molecular weight excluding hydrogens is 330 g/mol. The highest BCUT2D eigenvalue weighted by molar-refractivity contribution is 6.14. The maximum Gasteiger partial charge on any atom is 0.264 e. The molecule has 2 aromatic carbocycles. The topological polar surface area (TPSA) is 98.0 Å². The molecule has 26 heavy (non-hydrogen) atoms. The molecule has 0 bridgehead atoms. The quantitative estimate of drug-likeness (QED) is 0.420. The molecule has 6 nitrogen and oxygen atoms in total. The summed E-state index contributed by atoms with van der Waals surface area (Å²) in [6.45, 7) is 0. The zero-order chi connectivity index (χ0) is 17.9. The minimum Gasteiger partial charge on any atom is -0.374 e. The van der Waals surface area contributed by atoms with Crippen molar-refractivity contribution >= 4 is 33.6 Å². The maximum atomic E-state index is 12.7. The lowest BCUT2D eigenvalue weighted by atomic mass is 9.79. The van der Waals surface area contributed by atoms with Crippen molar-refractivity contribution in [1.82, 2.24) is 15.3 Å². The lowest BCUT2D eigenvalue weighted by molar-refractivity contribution is -0.137. The molecule has 3 heterocycles. The monoisotopic (exact) mass is 345 g/mol. The van der Waals surface area contributed by atoms with E-state index in [1.807, 2.05) is 48.5 Å². The summed E-state index contributed by atoms with van der Waals surface area (Å²) < 4.78 is 0. The number of H-pyrrole nitrogens is 2. The predicted molar refractivity (Wildman–Crippen MR) is 96.4 cm³/mol. The van der Waals surface area contributed by atoms with Gasteiger partial charge in [-0.3, -0.25) is 14.9 Å². The first-order valence-corrected chi connectivity index (χ1v) is 8.31. The van der Waals surface area contributed by atoms with Crippen molar-refractivity contribution in [3.63, 3.8) is 0 Å². The minimum atomic E-state index is -1.98. The Labute approximate surface area is 147 Å². The molecule has 4 N–H and O–H groups in total. The van der Waals surface area contributed by atoms with Crippen LogP contribution in [0.2, 0.25) is 0 Å². The van der Waals surface area contributed by atoms with E-state index in [0.717, 1.165) is 16.4 Å². The normalized spacial score (nSPS) is 23.0. The molecule has 2 amide bonds. The summed E-state index contributed by atoms with van der Waals surface area (Å²) in [5.74, 6) is -2.25. The van der Waals surface area contributed by atoms with E-state index in [4.69, 9.17) is 0 Å². The van der Waals surface area contributed by atoms with Crippen LogP contribution in [0.4, 0.5) is 0 Å². The molecule has 0 spiro atoms. The van der Waals surface area contributed by atoms with E-state index in [1.54, 1.807) is 12.4 Å². The van der Waals surface area contributed by atoms with E-state index in [9.17, 15) is 14.7 Å². The minimum absolute atomic E-state index is 0.395. The second-order valence-electron chi connectivity index (χ2n) is 6.56. The van der Waals surface area contributed by atoms with Crippen molar-refractivity contribution in [1.29, 1.82) is 0 Å². The zero-order valence-corrected chi connectivity index (χ0v) is 13.6. The van der Waals surface area contributed by atoms with Gasteiger partial charge in [0.25, 0.3) is 5.91 Å². The molecule has 4 aromatic rings. The van der Waals surface area contributed by atoms with Crippen LogP contribution in [0.3, 0.4) is 0 Å². The van der Waals surface area contributed by atoms with E-state index >= 15 is 0 Å². The summed E-state index contributed by atoms with van der Waals surface area (Å²) in [5.41, 5.74) is 0.641. The van der Waals surface area contributed by atoms with E-state index < -0.39 is 23.3 Å². The summed E-state index contributed by atoms with van der Waals surface area (Å²) in [6.07, 6.45) is 3.29. The van der Waals surface area contributed by atoms with Gasteiger partial charge >= 0.3 is 0 Å². The Kier molecular flexibility index (Phi) is 2.90. The summed E-state index contributed by atoms with van der Waals surface area (Å²) in [7, 11) is 0. The molecule has 128 valence electrons. The third-order valence-electron chi connectivity index (χ3n) is 5.19. The van der Waals surface area contributed by atoms with E-state index in [2.05, 4.69) is 15.3 Å². The van der Waals surface area contributed by atoms with Gasteiger partial charge in [-0.2, -0.15) is 0 Å². The number of fused-ring (bicyclic) bond motifs is 2. The molecule has 2 atom stereocenters. The molecule has 2 aromatic heterocycles. The number of hydrogen-bond acceptors (Lipinski definition) is 3. The molecule has 1 saturated heterocycles. The number of aromatic nitrogens is 2. The number of benzene rings is 2. The highest BCUT2D eigenvalue weighted by Crippen LogP contribution is 2.45. The SMILES string of the molecule is O=C1NC(=O)[C@](O)(c2c[nH]c3ccccc23)[C@H]1c1c[nH]c2ccccc12. The average molecular weight is 345 g/mol. The molecule has 1 fully saturated rings. The standard InChI is InChI=1S/C20H15N3O3/c24-18-17(13-9-21-15-7-3-1-5-11(13)15)20(26,19(25)23-18)14-10-22-16-8-4-2-6-12(14)16/h1-10,17,21-22,26H,(H,23,24,25)/t17-,20-/m0/s1. The number of nitrogens with one attached hydrogen (secondary N) is 3. The first kappa shape index (κ1) is 14.9. The first-order valence-electron chi connectivity index (χ1n) is 8.31. The Morgan fingerprint density at radius 1 is 0.846 bits per heavy atom. The summed E-state index contributed by atoms with van der Waals surface area (Å²) in [6, 6.07) is 14.9. The number of aliphatic hydroxyl groups is 1. The van der Waals surface area contributed by atoms with Gasteiger partial charge in [-0.25, -0.2) is 0 Å². The Morgan fingerprint density at radius 3 is 2.23 bits per heavy atom. The molecular formula is C20H15N3O3. The second-order valence-corrected chi connectivity index (χ2v) is 6.56. The van der Waals surface area contributed by atoms with Crippen molar-refractivity contribution in [3.05, 3.63) is 72.1 Å². The number of hydrogen-bond donors (Lipinski definition) is 4. The van der Waals surface area contributed by atoms with Gasteiger partial charge in [-0.05, 0) is 17.7 Å². The van der Waals surface area contributed by atoms with Gasteiger partial charge in [0.15, 0.2) is 5.60 Å². The van der Waals surface area contributed by atoms with Crippen LogP contribution in [0.15, 0.2) is 60.9 Å². The lowest BCUT2D eigenvalue weighted by Gasteiger charge is -2.25. The molecule has 0 radical (unpaired) electrons. The number of aromatic amines is 2. The van der Waals surface area contributed by atoms with Gasteiger partial charge in [-0.15, -0.1) is 0 Å². The number of imide groups is 1. The largest absolute Gasteiger partial charge is 0.374 e. The molecule has 0 aliphatic carbocycles. The highest BCUT2D eigenvalue weighted by Gasteiger charge is 2.57. The van der Waals surface area contributed by atoms with Gasteiger partial charge < -0.3 is 15.1 Å². The van der Waals surface area contributed by atoms with Gasteiger partial charge in [0.1, 0.15) is 5.92 Å². The van der Waals surface area contributed by atoms with E-state index in [0.29, 0.717) is 16.5 Å². The van der Waals surface area contributed by atoms with Crippen molar-refractivity contribution in [3.8, 4) is 0 Å². The second kappa shape index (κ2) is 5.06. The van der Waals surface area contributed by atoms with Crippen molar-refractivity contribution in [2.75, 3.05) is 0 Å². The molecule has 0 unspecified atom stereocenters. The van der Waals surface area contributed by atoms with Crippen LogP contribution in [-0.2, 0) is 15.2 Å². The fraction of sp³-hybridized carbons (Fsp3) is 0.100. The number of carbonyl (C=O) groups excluding carboxylic acids is 2. The number of amides is 2.